The molecule has 1 aromatic heterocycles. The van der Waals surface area contributed by atoms with Crippen LogP contribution in [0.2, 0.25) is 0 Å². The highest BCUT2D eigenvalue weighted by molar-refractivity contribution is 5.83. The van der Waals surface area contributed by atoms with Gasteiger partial charge in [-0.05, 0) is 32.7 Å². The zero-order valence-electron chi connectivity index (χ0n) is 12.9. The van der Waals surface area contributed by atoms with E-state index in [9.17, 15) is 4.79 Å². The van der Waals surface area contributed by atoms with Crippen molar-refractivity contribution in [1.29, 1.82) is 0 Å². The van der Waals surface area contributed by atoms with E-state index >= 15 is 0 Å². The second-order valence-electron chi connectivity index (χ2n) is 6.22. The van der Waals surface area contributed by atoms with E-state index in [0.29, 0.717) is 6.04 Å². The number of carbonyl (C=O) groups excluding carboxylic acids is 1. The molecule has 3 rings (SSSR count). The SMILES string of the molecule is CNC(C(=O)NC1CCN(C2CC2)CC1)c1cnn(C)c1. The fourth-order valence-electron chi connectivity index (χ4n) is 3.17. The van der Waals surface area contributed by atoms with Crippen LogP contribution >= 0.6 is 0 Å². The molecule has 116 valence electrons. The van der Waals surface area contributed by atoms with Crippen molar-refractivity contribution in [3.63, 3.8) is 0 Å². The summed E-state index contributed by atoms with van der Waals surface area (Å²) >= 11 is 0. The largest absolute Gasteiger partial charge is 0.352 e. The van der Waals surface area contributed by atoms with Crippen molar-refractivity contribution in [3.8, 4) is 0 Å². The Bertz CT molecular complexity index is 488. The molecular weight excluding hydrogens is 266 g/mol. The van der Waals surface area contributed by atoms with Gasteiger partial charge in [0.25, 0.3) is 0 Å². The van der Waals surface area contributed by atoms with Crippen LogP contribution in [0.4, 0.5) is 0 Å². The molecule has 1 aliphatic carbocycles. The number of piperidine rings is 1. The van der Waals surface area contributed by atoms with Gasteiger partial charge in [-0.3, -0.25) is 9.48 Å². The first kappa shape index (κ1) is 14.5. The summed E-state index contributed by atoms with van der Waals surface area (Å²) < 4.78 is 1.72. The Balaban J connectivity index is 1.52. The van der Waals surface area contributed by atoms with Gasteiger partial charge in [0, 0.05) is 44.0 Å². The quantitative estimate of drug-likeness (QED) is 0.825. The predicted molar refractivity (Wildman–Crippen MR) is 80.8 cm³/mol. The Morgan fingerprint density at radius 3 is 2.57 bits per heavy atom. The highest BCUT2D eigenvalue weighted by atomic mass is 16.2. The third-order valence-electron chi connectivity index (χ3n) is 4.55. The molecular formula is C15H25N5O. The first-order valence-electron chi connectivity index (χ1n) is 7.87. The second kappa shape index (κ2) is 6.15. The number of likely N-dealkylation sites (tertiary alicyclic amines) is 1. The summed E-state index contributed by atoms with van der Waals surface area (Å²) in [6.45, 7) is 2.24. The molecule has 0 aromatic carbocycles. The van der Waals surface area contributed by atoms with Gasteiger partial charge in [0.1, 0.15) is 6.04 Å². The van der Waals surface area contributed by atoms with Gasteiger partial charge in [0.15, 0.2) is 0 Å². The summed E-state index contributed by atoms with van der Waals surface area (Å²) in [5, 5.41) is 10.4. The maximum Gasteiger partial charge on any atom is 0.242 e. The van der Waals surface area contributed by atoms with Gasteiger partial charge in [-0.25, -0.2) is 0 Å². The van der Waals surface area contributed by atoms with E-state index in [2.05, 4.69) is 20.6 Å². The van der Waals surface area contributed by atoms with Gasteiger partial charge in [-0.15, -0.1) is 0 Å². The molecule has 0 spiro atoms. The normalized spacial score (nSPS) is 22.2. The Kier molecular flexibility index (Phi) is 4.26. The van der Waals surface area contributed by atoms with Crippen molar-refractivity contribution in [2.45, 2.75) is 43.8 Å². The highest BCUT2D eigenvalue weighted by Crippen LogP contribution is 2.29. The molecule has 1 aliphatic heterocycles. The van der Waals surface area contributed by atoms with Crippen molar-refractivity contribution in [3.05, 3.63) is 18.0 Å². The lowest BCUT2D eigenvalue weighted by molar-refractivity contribution is -0.124. The number of hydrogen-bond acceptors (Lipinski definition) is 4. The fraction of sp³-hybridized carbons (Fsp3) is 0.733. The second-order valence-corrected chi connectivity index (χ2v) is 6.22. The first-order chi connectivity index (χ1) is 10.2. The van der Waals surface area contributed by atoms with Crippen molar-refractivity contribution < 1.29 is 4.79 Å². The molecule has 1 saturated carbocycles. The zero-order chi connectivity index (χ0) is 14.8. The number of nitrogens with zero attached hydrogens (tertiary/aromatic N) is 3. The Morgan fingerprint density at radius 2 is 2.05 bits per heavy atom. The van der Waals surface area contributed by atoms with Crippen LogP contribution < -0.4 is 10.6 Å². The lowest BCUT2D eigenvalue weighted by Crippen LogP contribution is -2.47. The van der Waals surface area contributed by atoms with E-state index < -0.39 is 0 Å². The molecule has 0 bridgehead atoms. The van der Waals surface area contributed by atoms with Crippen LogP contribution in [0, 0.1) is 0 Å². The predicted octanol–water partition coefficient (Wildman–Crippen LogP) is 0.424. The maximum atomic E-state index is 12.5. The fourth-order valence-corrected chi connectivity index (χ4v) is 3.17. The molecule has 2 aliphatic rings. The monoisotopic (exact) mass is 291 g/mol. The topological polar surface area (TPSA) is 62.2 Å². The van der Waals surface area contributed by atoms with Crippen LogP contribution in [-0.4, -0.2) is 52.8 Å². The lowest BCUT2D eigenvalue weighted by Gasteiger charge is -2.33. The number of aryl methyl sites for hydroxylation is 1. The average molecular weight is 291 g/mol. The van der Waals surface area contributed by atoms with E-state index in [4.69, 9.17) is 0 Å². The van der Waals surface area contributed by atoms with Gasteiger partial charge in [-0.1, -0.05) is 0 Å². The first-order valence-corrected chi connectivity index (χ1v) is 7.87. The van der Waals surface area contributed by atoms with E-state index in [1.165, 1.54) is 12.8 Å². The van der Waals surface area contributed by atoms with Crippen LogP contribution in [0.15, 0.2) is 12.4 Å². The molecule has 1 amide bonds. The molecule has 6 heteroatoms. The Morgan fingerprint density at radius 1 is 1.33 bits per heavy atom. The Hall–Kier alpha value is -1.40. The van der Waals surface area contributed by atoms with Gasteiger partial charge in [0.05, 0.1) is 6.20 Å². The minimum atomic E-state index is -0.319. The van der Waals surface area contributed by atoms with E-state index in [-0.39, 0.29) is 11.9 Å². The molecule has 6 nitrogen and oxygen atoms in total. The van der Waals surface area contributed by atoms with Crippen molar-refractivity contribution in [2.75, 3.05) is 20.1 Å². The van der Waals surface area contributed by atoms with Gasteiger partial charge >= 0.3 is 0 Å². The van der Waals surface area contributed by atoms with Crippen molar-refractivity contribution in [1.82, 2.24) is 25.3 Å². The minimum absolute atomic E-state index is 0.0513. The number of likely N-dealkylation sites (N-methyl/N-ethyl adjacent to an activating group) is 1. The summed E-state index contributed by atoms with van der Waals surface area (Å²) in [6.07, 6.45) is 8.48. The maximum absolute atomic E-state index is 12.5. The number of amides is 1. The smallest absolute Gasteiger partial charge is 0.242 e. The van der Waals surface area contributed by atoms with Gasteiger partial charge < -0.3 is 15.5 Å². The van der Waals surface area contributed by atoms with Crippen LogP contribution in [-0.2, 0) is 11.8 Å². The molecule has 1 saturated heterocycles. The minimum Gasteiger partial charge on any atom is -0.352 e. The molecule has 1 atom stereocenters. The molecule has 1 unspecified atom stereocenters. The third-order valence-corrected chi connectivity index (χ3v) is 4.55. The summed E-state index contributed by atoms with van der Waals surface area (Å²) in [5.74, 6) is 0.0513. The number of carbonyl (C=O) groups is 1. The summed E-state index contributed by atoms with van der Waals surface area (Å²) in [5.41, 5.74) is 0.910. The van der Waals surface area contributed by atoms with Gasteiger partial charge in [0.2, 0.25) is 5.91 Å². The number of hydrogen-bond donors (Lipinski definition) is 2. The molecule has 21 heavy (non-hydrogen) atoms. The van der Waals surface area contributed by atoms with Crippen molar-refractivity contribution >= 4 is 5.91 Å². The van der Waals surface area contributed by atoms with Crippen LogP contribution in [0.5, 0.6) is 0 Å². The van der Waals surface area contributed by atoms with Crippen LogP contribution in [0.25, 0.3) is 0 Å². The summed E-state index contributed by atoms with van der Waals surface area (Å²) in [4.78, 5) is 15.0. The number of aromatic nitrogens is 2. The molecule has 0 radical (unpaired) electrons. The van der Waals surface area contributed by atoms with Crippen LogP contribution in [0.3, 0.4) is 0 Å². The summed E-state index contributed by atoms with van der Waals surface area (Å²) in [7, 11) is 3.68. The molecule has 2 heterocycles. The van der Waals surface area contributed by atoms with E-state index in [1.807, 2.05) is 20.3 Å². The standard InChI is InChI=1S/C15H25N5O/c1-16-14(11-9-17-19(2)10-11)15(21)18-12-5-7-20(8-6-12)13-3-4-13/h9-10,12-14,16H,3-8H2,1-2H3,(H,18,21). The molecule has 1 aromatic rings. The number of rotatable bonds is 5. The average Bonchev–Trinajstić information content (AvgIpc) is 3.24. The zero-order valence-corrected chi connectivity index (χ0v) is 12.9. The van der Waals surface area contributed by atoms with E-state index in [1.54, 1.807) is 10.9 Å². The van der Waals surface area contributed by atoms with Crippen molar-refractivity contribution in [2.24, 2.45) is 7.05 Å². The highest BCUT2D eigenvalue weighted by Gasteiger charge is 2.32. The molecule has 2 N–H and O–H groups in total. The number of nitrogens with one attached hydrogen (secondary N) is 2. The molecule has 2 fully saturated rings. The Labute approximate surface area is 125 Å². The van der Waals surface area contributed by atoms with E-state index in [0.717, 1.165) is 37.5 Å². The summed E-state index contributed by atoms with van der Waals surface area (Å²) in [6, 6.07) is 0.822. The third kappa shape index (κ3) is 3.44. The van der Waals surface area contributed by atoms with Gasteiger partial charge in [-0.2, -0.15) is 5.10 Å². The van der Waals surface area contributed by atoms with Crippen LogP contribution in [0.1, 0.15) is 37.3 Å². The lowest BCUT2D eigenvalue weighted by atomic mass is 10.0.